The molecule has 2 aromatic carbocycles. The smallest absolute Gasteiger partial charge is 0.311 e. The van der Waals surface area contributed by atoms with Crippen molar-refractivity contribution >= 4 is 29.4 Å². The lowest BCUT2D eigenvalue weighted by Gasteiger charge is -2.06. The maximum absolute atomic E-state index is 11.7. The average molecular weight is 364 g/mol. The summed E-state index contributed by atoms with van der Waals surface area (Å²) in [6.07, 6.45) is 1.22. The van der Waals surface area contributed by atoms with E-state index in [1.54, 1.807) is 18.2 Å². The topological polar surface area (TPSA) is 114 Å². The van der Waals surface area contributed by atoms with Gasteiger partial charge in [0.15, 0.2) is 12.4 Å². The standard InChI is InChI=1S/C16H14ClN3O5/c1-10-6-12(3-4-13(10)17)25-9-16(22)19-18-8-11-2-5-15(21)14(7-11)20(23)24/h2-8,21H,9H2,1H3,(H,19,22). The number of ether oxygens (including phenoxy) is 1. The van der Waals surface area contributed by atoms with Crippen LogP contribution in [-0.2, 0) is 4.79 Å². The molecule has 0 aliphatic rings. The molecule has 25 heavy (non-hydrogen) atoms. The number of amides is 1. The van der Waals surface area contributed by atoms with Gasteiger partial charge in [-0.3, -0.25) is 14.9 Å². The first kappa shape index (κ1) is 18.2. The highest BCUT2D eigenvalue weighted by atomic mass is 35.5. The monoisotopic (exact) mass is 363 g/mol. The number of aryl methyl sites for hydroxylation is 1. The number of nitrogens with zero attached hydrogens (tertiary/aromatic N) is 2. The van der Waals surface area contributed by atoms with Crippen molar-refractivity contribution in [3.63, 3.8) is 0 Å². The Morgan fingerprint density at radius 3 is 2.84 bits per heavy atom. The van der Waals surface area contributed by atoms with Crippen LogP contribution in [0.1, 0.15) is 11.1 Å². The third kappa shape index (κ3) is 5.18. The number of phenols is 1. The first-order valence-corrected chi connectivity index (χ1v) is 7.43. The Bertz CT molecular complexity index is 839. The SMILES string of the molecule is Cc1cc(OCC(=O)NN=Cc2ccc(O)c([N+](=O)[O-])c2)ccc1Cl. The van der Waals surface area contributed by atoms with Crippen molar-refractivity contribution in [3.05, 3.63) is 62.7 Å². The third-order valence-electron chi connectivity index (χ3n) is 3.10. The second-order valence-electron chi connectivity index (χ2n) is 5.00. The summed E-state index contributed by atoms with van der Waals surface area (Å²) in [6, 6.07) is 8.74. The van der Waals surface area contributed by atoms with Crippen LogP contribution in [-0.4, -0.2) is 28.8 Å². The Morgan fingerprint density at radius 1 is 1.40 bits per heavy atom. The molecule has 0 saturated carbocycles. The maximum atomic E-state index is 11.7. The fraction of sp³-hybridized carbons (Fsp3) is 0.125. The summed E-state index contributed by atoms with van der Waals surface area (Å²) < 4.78 is 5.31. The molecule has 0 unspecified atom stereocenters. The molecule has 8 nitrogen and oxygen atoms in total. The van der Waals surface area contributed by atoms with Gasteiger partial charge in [-0.2, -0.15) is 5.10 Å². The highest BCUT2D eigenvalue weighted by Gasteiger charge is 2.12. The second kappa shape index (κ2) is 8.11. The normalized spacial score (nSPS) is 10.6. The van der Waals surface area contributed by atoms with E-state index in [4.69, 9.17) is 16.3 Å². The number of hydrogen-bond acceptors (Lipinski definition) is 6. The highest BCUT2D eigenvalue weighted by molar-refractivity contribution is 6.31. The first-order valence-electron chi connectivity index (χ1n) is 7.05. The van der Waals surface area contributed by atoms with Crippen LogP contribution in [0.5, 0.6) is 11.5 Å². The zero-order valence-electron chi connectivity index (χ0n) is 13.1. The Balaban J connectivity index is 1.89. The summed E-state index contributed by atoms with van der Waals surface area (Å²) in [7, 11) is 0. The zero-order valence-corrected chi connectivity index (χ0v) is 13.9. The summed E-state index contributed by atoms with van der Waals surface area (Å²) in [5.41, 5.74) is 2.96. The van der Waals surface area contributed by atoms with E-state index < -0.39 is 22.3 Å². The number of hydrogen-bond donors (Lipinski definition) is 2. The van der Waals surface area contributed by atoms with Crippen LogP contribution in [0.3, 0.4) is 0 Å². The number of nitrogens with one attached hydrogen (secondary N) is 1. The summed E-state index contributed by atoms with van der Waals surface area (Å²) in [5.74, 6) is -0.454. The summed E-state index contributed by atoms with van der Waals surface area (Å²) in [6.45, 7) is 1.56. The van der Waals surface area contributed by atoms with Crippen LogP contribution in [0.15, 0.2) is 41.5 Å². The lowest BCUT2D eigenvalue weighted by Crippen LogP contribution is -2.24. The second-order valence-corrected chi connectivity index (χ2v) is 5.41. The number of carbonyl (C=O) groups is 1. The van der Waals surface area contributed by atoms with Gasteiger partial charge in [0.05, 0.1) is 11.1 Å². The first-order chi connectivity index (χ1) is 11.9. The van der Waals surface area contributed by atoms with Gasteiger partial charge in [-0.15, -0.1) is 0 Å². The molecule has 2 rings (SSSR count). The van der Waals surface area contributed by atoms with Gasteiger partial charge in [-0.25, -0.2) is 5.43 Å². The minimum absolute atomic E-state index is 0.256. The maximum Gasteiger partial charge on any atom is 0.311 e. The zero-order chi connectivity index (χ0) is 18.4. The van der Waals surface area contributed by atoms with Crippen molar-refractivity contribution in [3.8, 4) is 11.5 Å². The Kier molecular flexibility index (Phi) is 5.91. The molecule has 0 fully saturated rings. The van der Waals surface area contributed by atoms with Gasteiger partial charge in [0.2, 0.25) is 0 Å². The number of halogens is 1. The number of carbonyl (C=O) groups excluding carboxylic acids is 1. The van der Waals surface area contributed by atoms with Gasteiger partial charge < -0.3 is 9.84 Å². The van der Waals surface area contributed by atoms with Crippen molar-refractivity contribution in [2.75, 3.05) is 6.61 Å². The Hall–Kier alpha value is -3.13. The molecule has 0 aliphatic carbocycles. The van der Waals surface area contributed by atoms with Gasteiger partial charge in [0, 0.05) is 16.7 Å². The number of hydrazone groups is 1. The fourth-order valence-corrected chi connectivity index (χ4v) is 1.95. The number of phenolic OH excluding ortho intramolecular Hbond substituents is 1. The molecule has 2 N–H and O–H groups in total. The van der Waals surface area contributed by atoms with Crippen molar-refractivity contribution in [2.24, 2.45) is 5.10 Å². The van der Waals surface area contributed by atoms with Crippen molar-refractivity contribution < 1.29 is 19.6 Å². The molecule has 2 aromatic rings. The Labute approximate surface area is 147 Å². The van der Waals surface area contributed by atoms with Crippen molar-refractivity contribution in [1.29, 1.82) is 0 Å². The quantitative estimate of drug-likeness (QED) is 0.465. The summed E-state index contributed by atoms with van der Waals surface area (Å²) in [4.78, 5) is 21.7. The minimum Gasteiger partial charge on any atom is -0.502 e. The fourth-order valence-electron chi connectivity index (χ4n) is 1.83. The van der Waals surface area contributed by atoms with Crippen LogP contribution < -0.4 is 10.2 Å². The van der Waals surface area contributed by atoms with Gasteiger partial charge in [0.25, 0.3) is 5.91 Å². The molecule has 0 aromatic heterocycles. The van der Waals surface area contributed by atoms with E-state index in [-0.39, 0.29) is 6.61 Å². The predicted molar refractivity (Wildman–Crippen MR) is 92.2 cm³/mol. The van der Waals surface area contributed by atoms with E-state index >= 15 is 0 Å². The predicted octanol–water partition coefficient (Wildman–Crippen LogP) is 2.79. The van der Waals surface area contributed by atoms with Crippen LogP contribution in [0.2, 0.25) is 5.02 Å². The molecule has 1 amide bonds. The summed E-state index contributed by atoms with van der Waals surface area (Å²) in [5, 5.41) is 24.4. The van der Waals surface area contributed by atoms with Crippen molar-refractivity contribution in [2.45, 2.75) is 6.92 Å². The molecular formula is C16H14ClN3O5. The van der Waals surface area contributed by atoms with E-state index in [1.807, 2.05) is 6.92 Å². The molecule has 0 aliphatic heterocycles. The molecule has 0 saturated heterocycles. The molecule has 0 heterocycles. The molecule has 0 spiro atoms. The van der Waals surface area contributed by atoms with Crippen LogP contribution >= 0.6 is 11.6 Å². The van der Waals surface area contributed by atoms with Crippen LogP contribution in [0.4, 0.5) is 5.69 Å². The lowest BCUT2D eigenvalue weighted by atomic mass is 10.2. The average Bonchev–Trinajstić information content (AvgIpc) is 2.57. The van der Waals surface area contributed by atoms with E-state index in [2.05, 4.69) is 10.5 Å². The molecular weight excluding hydrogens is 350 g/mol. The molecule has 0 radical (unpaired) electrons. The lowest BCUT2D eigenvalue weighted by molar-refractivity contribution is -0.385. The molecule has 0 bridgehead atoms. The molecule has 0 atom stereocenters. The van der Waals surface area contributed by atoms with Gasteiger partial charge in [0.1, 0.15) is 5.75 Å². The van der Waals surface area contributed by atoms with Gasteiger partial charge in [-0.05, 0) is 42.8 Å². The van der Waals surface area contributed by atoms with E-state index in [0.717, 1.165) is 11.6 Å². The highest BCUT2D eigenvalue weighted by Crippen LogP contribution is 2.25. The largest absolute Gasteiger partial charge is 0.502 e. The Morgan fingerprint density at radius 2 is 2.16 bits per heavy atom. The van der Waals surface area contributed by atoms with Crippen LogP contribution in [0.25, 0.3) is 0 Å². The van der Waals surface area contributed by atoms with Crippen molar-refractivity contribution in [1.82, 2.24) is 5.43 Å². The van der Waals surface area contributed by atoms with E-state index in [1.165, 1.54) is 18.3 Å². The number of benzene rings is 2. The minimum atomic E-state index is -0.715. The number of aromatic hydroxyl groups is 1. The summed E-state index contributed by atoms with van der Waals surface area (Å²) >= 11 is 5.90. The number of nitro benzene ring substituents is 1. The number of nitro groups is 1. The number of rotatable bonds is 6. The third-order valence-corrected chi connectivity index (χ3v) is 3.52. The molecule has 130 valence electrons. The van der Waals surface area contributed by atoms with Crippen LogP contribution in [0, 0.1) is 17.0 Å². The van der Waals surface area contributed by atoms with Gasteiger partial charge >= 0.3 is 5.69 Å². The van der Waals surface area contributed by atoms with E-state index in [9.17, 15) is 20.0 Å². The molecule has 9 heteroatoms. The van der Waals surface area contributed by atoms with E-state index in [0.29, 0.717) is 16.3 Å². The van der Waals surface area contributed by atoms with Gasteiger partial charge in [-0.1, -0.05) is 11.6 Å².